The molecule has 5 aliphatic carbocycles. The fourth-order valence-corrected chi connectivity index (χ4v) is 14.7. The number of nitrogens with zero attached hydrogens (tertiary/aromatic N) is 11. The van der Waals surface area contributed by atoms with Gasteiger partial charge in [-0.2, -0.15) is 35.1 Å². The van der Waals surface area contributed by atoms with E-state index in [0.717, 1.165) is 144 Å². The lowest BCUT2D eigenvalue weighted by molar-refractivity contribution is -0.138. The zero-order chi connectivity index (χ0) is 74.8. The van der Waals surface area contributed by atoms with E-state index in [1.54, 1.807) is 36.1 Å². The van der Waals surface area contributed by atoms with E-state index in [4.69, 9.17) is 5.73 Å². The van der Waals surface area contributed by atoms with Crippen LogP contribution in [0.25, 0.3) is 0 Å². The first kappa shape index (κ1) is 75.9. The third-order valence-electron chi connectivity index (χ3n) is 20.9. The number of primary amides is 1. The molecule has 0 radical (unpaired) electrons. The largest absolute Gasteiger partial charge is 0.416 e. The lowest BCUT2D eigenvalue weighted by atomic mass is 9.90. The van der Waals surface area contributed by atoms with E-state index < -0.39 is 62.8 Å². The minimum atomic E-state index is -4.42. The molecule has 1 atom stereocenters. The van der Waals surface area contributed by atoms with Gasteiger partial charge in [-0.15, -0.1) is 0 Å². The summed E-state index contributed by atoms with van der Waals surface area (Å²) in [6, 6.07) is 22.2. The number of nitrogens with one attached hydrogen (secondary N) is 2. The number of sulfonamides is 1. The number of halogens is 11. The molecule has 1 unspecified atom stereocenters. The topological polar surface area (TPSA) is 212 Å². The molecule has 5 heterocycles. The molecular weight excluding hydrogens is 1400 g/mol. The smallest absolute Gasteiger partial charge is 0.369 e. The monoisotopic (exact) mass is 1490 g/mol. The Hall–Kier alpha value is -8.80. The van der Waals surface area contributed by atoms with E-state index in [9.17, 15) is 53.1 Å². The van der Waals surface area contributed by atoms with Crippen LogP contribution in [0.4, 0.5) is 77.4 Å². The summed E-state index contributed by atoms with van der Waals surface area (Å²) in [6.45, 7) is 6.75. The van der Waals surface area contributed by atoms with Crippen molar-refractivity contribution in [3.63, 3.8) is 0 Å². The van der Waals surface area contributed by atoms with Crippen LogP contribution in [0.1, 0.15) is 146 Å². The summed E-state index contributed by atoms with van der Waals surface area (Å²) in [4.78, 5) is 55.7. The van der Waals surface area contributed by atoms with E-state index >= 15 is 13.2 Å². The fraction of sp³-hybridized carbons (Fsp3) is 0.493. The van der Waals surface area contributed by atoms with Gasteiger partial charge in [0.15, 0.2) is 34.9 Å². The molecule has 4 N–H and O–H groups in total. The highest BCUT2D eigenvalue weighted by molar-refractivity contribution is 7.88. The molecule has 4 aromatic carbocycles. The Kier molecular flexibility index (Phi) is 22.6. The van der Waals surface area contributed by atoms with Gasteiger partial charge in [0, 0.05) is 95.4 Å². The van der Waals surface area contributed by atoms with Gasteiger partial charge in [-0.3, -0.25) is 9.59 Å². The van der Waals surface area contributed by atoms with Crippen LogP contribution in [0, 0.1) is 47.5 Å². The minimum absolute atomic E-state index is 0.0333. The number of nitrogens with two attached hydrogens (primary N) is 1. The summed E-state index contributed by atoms with van der Waals surface area (Å²) in [5.74, 6) is -3.07. The molecule has 7 aromatic rings. The molecule has 2 aliphatic heterocycles. The van der Waals surface area contributed by atoms with Crippen molar-refractivity contribution in [3.8, 4) is 0 Å². The molecule has 18 nitrogen and oxygen atoms in total. The van der Waals surface area contributed by atoms with Gasteiger partial charge in [-0.05, 0) is 172 Å². The van der Waals surface area contributed by atoms with Crippen LogP contribution in [0.2, 0.25) is 0 Å². The van der Waals surface area contributed by atoms with E-state index in [2.05, 4.69) is 40.5 Å². The van der Waals surface area contributed by atoms with Crippen molar-refractivity contribution in [2.24, 2.45) is 28.9 Å². The third-order valence-corrected chi connectivity index (χ3v) is 22.2. The molecule has 3 aromatic heterocycles. The standard InChI is InChI=1S/C25H29F4N5O.C25H25F4N5O.C25H31F3N4O2S/c26-21-22(30-13-16-9-11-33(12-10-16)24(35)18-3-4-18)31-15-32-23(21)34(20-7-8-20)14-17-1-5-19(6-2-17)25(27,28)29;1-15-10-19(25(27,28)29)7-6-18(15)13-34(20-8-9-20)24-22(26)23(32-14-33-24)31-12-17-4-2-16(3-5-17)11-21(30)35;1-24(27,28)18-5-3-17(4-6-18)15-32(20-7-8-20)23-22(26)21(29-16-30-23)13-19-14-25(19)9-11-31(12-10-25)35(2,33)34/h1-2,5-6,15-16,18,20H,3-4,7-14H2,(H,30,31,32);2-7,10,14,20H,8-9,11-13H2,1H3,(H2,30,35)(H,31,32,33);3-6,16,19-20H,7-15H2,1-2H3. The second kappa shape index (κ2) is 31.3. The van der Waals surface area contributed by atoms with Gasteiger partial charge < -0.3 is 36.0 Å². The van der Waals surface area contributed by atoms with Gasteiger partial charge in [0.2, 0.25) is 33.5 Å². The molecule has 2 amide bonds. The van der Waals surface area contributed by atoms with Crippen molar-refractivity contribution in [2.45, 2.75) is 173 Å². The number of carbonyl (C=O) groups is 2. The molecule has 562 valence electrons. The summed E-state index contributed by atoms with van der Waals surface area (Å²) in [5, 5.41) is 6.10. The number of amides is 2. The molecule has 7 fully saturated rings. The number of rotatable bonds is 25. The van der Waals surface area contributed by atoms with E-state index in [-0.39, 0.29) is 89.5 Å². The van der Waals surface area contributed by atoms with Gasteiger partial charge in [0.05, 0.1) is 29.5 Å². The zero-order valence-electron chi connectivity index (χ0n) is 58.5. The van der Waals surface area contributed by atoms with Crippen molar-refractivity contribution < 1.29 is 66.3 Å². The Balaban J connectivity index is 0.000000148. The van der Waals surface area contributed by atoms with Crippen LogP contribution in [0.3, 0.4) is 0 Å². The highest BCUT2D eigenvalue weighted by atomic mass is 32.2. The number of benzene rings is 4. The summed E-state index contributed by atoms with van der Waals surface area (Å²) >= 11 is 0. The van der Waals surface area contributed by atoms with Crippen LogP contribution in [0.5, 0.6) is 0 Å². The normalized spacial score (nSPS) is 18.3. The molecule has 1 spiro atoms. The van der Waals surface area contributed by atoms with Crippen LogP contribution >= 0.6 is 0 Å². The Morgan fingerprint density at radius 1 is 0.571 bits per heavy atom. The maximum absolute atomic E-state index is 15.6. The van der Waals surface area contributed by atoms with E-state index in [1.807, 2.05) is 26.8 Å². The van der Waals surface area contributed by atoms with Gasteiger partial charge in [-0.1, -0.05) is 66.7 Å². The molecule has 14 rings (SSSR count). The first-order valence-corrected chi connectivity index (χ1v) is 37.4. The lowest BCUT2D eigenvalue weighted by Crippen LogP contribution is -2.40. The minimum Gasteiger partial charge on any atom is -0.369 e. The van der Waals surface area contributed by atoms with Crippen molar-refractivity contribution >= 4 is 50.9 Å². The average Bonchev–Trinajstić information content (AvgIpc) is 1.58. The van der Waals surface area contributed by atoms with E-state index in [1.165, 1.54) is 59.9 Å². The Labute approximate surface area is 602 Å². The van der Waals surface area contributed by atoms with Crippen LogP contribution < -0.4 is 31.1 Å². The molecular formula is C75H85F11N14O4S. The van der Waals surface area contributed by atoms with Gasteiger partial charge in [-0.25, -0.2) is 55.8 Å². The van der Waals surface area contributed by atoms with Crippen molar-refractivity contribution in [1.82, 2.24) is 39.1 Å². The number of hydrogen-bond acceptors (Lipinski definition) is 15. The summed E-state index contributed by atoms with van der Waals surface area (Å²) in [6.07, 6.45) is 8.73. The van der Waals surface area contributed by atoms with Crippen LogP contribution in [0.15, 0.2) is 110 Å². The summed E-state index contributed by atoms with van der Waals surface area (Å²) in [7, 11) is -3.17. The van der Waals surface area contributed by atoms with Gasteiger partial charge in [0.25, 0.3) is 5.92 Å². The first-order chi connectivity index (χ1) is 49.9. The van der Waals surface area contributed by atoms with Crippen molar-refractivity contribution in [1.29, 1.82) is 0 Å². The number of piperidine rings is 2. The molecule has 0 bridgehead atoms. The quantitative estimate of drug-likeness (QED) is 0.0454. The zero-order valence-corrected chi connectivity index (χ0v) is 59.3. The van der Waals surface area contributed by atoms with Crippen molar-refractivity contribution in [3.05, 3.63) is 183 Å². The number of likely N-dealkylation sites (tertiary alicyclic amines) is 1. The number of aromatic nitrogens is 6. The maximum atomic E-state index is 15.6. The number of aryl methyl sites for hydroxylation is 1. The number of anilines is 5. The second-order valence-electron chi connectivity index (χ2n) is 29.0. The maximum Gasteiger partial charge on any atom is 0.416 e. The highest BCUT2D eigenvalue weighted by Gasteiger charge is 2.55. The van der Waals surface area contributed by atoms with Gasteiger partial charge >= 0.3 is 12.4 Å². The molecule has 105 heavy (non-hydrogen) atoms. The summed E-state index contributed by atoms with van der Waals surface area (Å²) < 4.78 is 176. The molecule has 2 saturated heterocycles. The lowest BCUT2D eigenvalue weighted by Gasteiger charge is -2.32. The molecule has 5 saturated carbocycles. The first-order valence-electron chi connectivity index (χ1n) is 35.6. The van der Waals surface area contributed by atoms with Crippen molar-refractivity contribution in [2.75, 3.05) is 64.3 Å². The predicted molar refractivity (Wildman–Crippen MR) is 374 cm³/mol. The van der Waals surface area contributed by atoms with Crippen LogP contribution in [-0.4, -0.2) is 116 Å². The molecule has 30 heteroatoms. The van der Waals surface area contributed by atoms with Gasteiger partial charge in [0.1, 0.15) is 19.0 Å². The SMILES string of the molecule is CC(F)(F)c1ccc(CN(c2ncnc(CC3CC34CCN(S(C)(=O)=O)CC4)c2F)C2CC2)cc1.Cc1cc(C(F)(F)F)ccc1CN(c1ncnc(NCc2ccc(CC(N)=O)cc2)c1F)C1CC1.O=C(C1CC1)N1CCC(CNc2ncnc(N(Cc3ccc(C(F)(F)F)cc3)C3CC3)c2F)CC1. The average molecular weight is 1490 g/mol. The highest BCUT2D eigenvalue weighted by Crippen LogP contribution is 2.61. The Morgan fingerprint density at radius 3 is 1.51 bits per heavy atom. The Bertz CT molecular complexity index is 4310. The third kappa shape index (κ3) is 19.6. The number of alkyl halides is 8. The van der Waals surface area contributed by atoms with Crippen LogP contribution in [-0.2, 0) is 76.9 Å². The fourth-order valence-electron chi connectivity index (χ4n) is 13.9. The Morgan fingerprint density at radius 2 is 1.04 bits per heavy atom. The number of carbonyl (C=O) groups excluding carboxylic acids is 2. The predicted octanol–water partition coefficient (Wildman–Crippen LogP) is 14.1. The van der Waals surface area contributed by atoms with E-state index in [0.29, 0.717) is 73.4 Å². The second-order valence-corrected chi connectivity index (χ2v) is 31.0. The number of hydrogen-bond donors (Lipinski definition) is 3. The molecule has 7 aliphatic rings. The summed E-state index contributed by atoms with van der Waals surface area (Å²) in [5.41, 5.74) is 8.50.